The van der Waals surface area contributed by atoms with E-state index in [2.05, 4.69) is 41.3 Å². The topological polar surface area (TPSA) is 94.3 Å². The van der Waals surface area contributed by atoms with Crippen molar-refractivity contribution >= 4 is 56.3 Å². The number of benzene rings is 2. The van der Waals surface area contributed by atoms with Crippen molar-refractivity contribution in [2.45, 2.75) is 57.0 Å². The van der Waals surface area contributed by atoms with Crippen LogP contribution in [0.15, 0.2) is 41.3 Å². The third kappa shape index (κ3) is 5.67. The number of halogens is 2. The maximum Gasteiger partial charge on any atom is 0.256 e. The van der Waals surface area contributed by atoms with Crippen molar-refractivity contribution in [3.63, 3.8) is 0 Å². The number of amides is 1. The normalized spacial score (nSPS) is 20.9. The van der Waals surface area contributed by atoms with Crippen molar-refractivity contribution in [3.05, 3.63) is 80.1 Å². The average molecular weight is 588 g/mol. The number of fused-ring (bicyclic) bond motifs is 1. The summed E-state index contributed by atoms with van der Waals surface area (Å²) in [4.78, 5) is 19.0. The SMILES string of the molecule is Cc1[nH]c(/C=C2\C(=O)Nc3ccc(S(=O)(=O)Cc4c(Cl)cccc4Cl)cc32)c(C)c1CN1C[C@@H](C)N[C@@H](C)C1. The van der Waals surface area contributed by atoms with Gasteiger partial charge in [-0.25, -0.2) is 8.42 Å². The van der Waals surface area contributed by atoms with Gasteiger partial charge in [-0.15, -0.1) is 0 Å². The van der Waals surface area contributed by atoms with E-state index < -0.39 is 9.84 Å². The minimum atomic E-state index is -3.78. The molecule has 2 atom stereocenters. The third-order valence-electron chi connectivity index (χ3n) is 7.46. The molecule has 3 aromatic rings. The van der Waals surface area contributed by atoms with E-state index in [0.717, 1.165) is 36.6 Å². The second kappa shape index (κ2) is 10.7. The summed E-state index contributed by atoms with van der Waals surface area (Å²) in [5.41, 5.74) is 6.09. The van der Waals surface area contributed by atoms with Crippen LogP contribution >= 0.6 is 23.2 Å². The molecular weight excluding hydrogens is 555 g/mol. The van der Waals surface area contributed by atoms with E-state index in [1.165, 1.54) is 11.6 Å². The van der Waals surface area contributed by atoms with Gasteiger partial charge in [-0.05, 0) is 75.2 Å². The number of aromatic nitrogens is 1. The van der Waals surface area contributed by atoms with Gasteiger partial charge in [0.05, 0.1) is 16.2 Å². The molecule has 2 aliphatic heterocycles. The molecule has 0 saturated carbocycles. The number of hydrogen-bond acceptors (Lipinski definition) is 5. The minimum absolute atomic E-state index is 0.0988. The molecule has 1 saturated heterocycles. The molecule has 0 bridgehead atoms. The van der Waals surface area contributed by atoms with Gasteiger partial charge in [0.25, 0.3) is 5.91 Å². The first-order valence-corrected chi connectivity index (χ1v) is 15.3. The molecule has 39 heavy (non-hydrogen) atoms. The molecule has 1 aromatic heterocycles. The highest BCUT2D eigenvalue weighted by Gasteiger charge is 2.29. The predicted molar refractivity (Wildman–Crippen MR) is 158 cm³/mol. The molecule has 3 heterocycles. The first kappa shape index (κ1) is 27.9. The van der Waals surface area contributed by atoms with Crippen LogP contribution in [0.25, 0.3) is 11.6 Å². The zero-order valence-electron chi connectivity index (χ0n) is 22.4. The quantitative estimate of drug-likeness (QED) is 0.327. The maximum atomic E-state index is 13.3. The summed E-state index contributed by atoms with van der Waals surface area (Å²) in [6.07, 6.45) is 1.82. The van der Waals surface area contributed by atoms with Gasteiger partial charge in [0.15, 0.2) is 9.84 Å². The van der Waals surface area contributed by atoms with Crippen molar-refractivity contribution in [2.75, 3.05) is 18.4 Å². The number of sulfone groups is 1. The fourth-order valence-electron chi connectivity index (χ4n) is 5.58. The van der Waals surface area contributed by atoms with Gasteiger partial charge < -0.3 is 15.6 Å². The molecule has 206 valence electrons. The van der Waals surface area contributed by atoms with E-state index >= 15 is 0 Å². The Morgan fingerprint density at radius 3 is 2.36 bits per heavy atom. The summed E-state index contributed by atoms with van der Waals surface area (Å²) in [6, 6.07) is 10.4. The molecule has 1 amide bonds. The van der Waals surface area contributed by atoms with Gasteiger partial charge in [0, 0.05) is 70.0 Å². The van der Waals surface area contributed by atoms with Gasteiger partial charge in [0.1, 0.15) is 0 Å². The largest absolute Gasteiger partial charge is 0.359 e. The average Bonchev–Trinajstić information content (AvgIpc) is 3.31. The summed E-state index contributed by atoms with van der Waals surface area (Å²) in [6.45, 7) is 11.3. The summed E-state index contributed by atoms with van der Waals surface area (Å²) in [7, 11) is -3.78. The number of carbonyl (C=O) groups excluding carboxylic acids is 1. The predicted octanol–water partition coefficient (Wildman–Crippen LogP) is 5.59. The first-order valence-electron chi connectivity index (χ1n) is 12.9. The maximum absolute atomic E-state index is 13.3. The molecule has 2 aromatic carbocycles. The van der Waals surface area contributed by atoms with Crippen molar-refractivity contribution in [2.24, 2.45) is 0 Å². The van der Waals surface area contributed by atoms with Crippen molar-refractivity contribution in [1.82, 2.24) is 15.2 Å². The minimum Gasteiger partial charge on any atom is -0.359 e. The van der Waals surface area contributed by atoms with Gasteiger partial charge >= 0.3 is 0 Å². The zero-order valence-corrected chi connectivity index (χ0v) is 24.7. The van der Waals surface area contributed by atoms with Crippen molar-refractivity contribution in [1.29, 1.82) is 0 Å². The highest BCUT2D eigenvalue weighted by Crippen LogP contribution is 2.37. The summed E-state index contributed by atoms with van der Waals surface area (Å²) in [5, 5.41) is 7.01. The number of aryl methyl sites for hydroxylation is 1. The Kier molecular flexibility index (Phi) is 7.70. The van der Waals surface area contributed by atoms with Gasteiger partial charge in [0.2, 0.25) is 0 Å². The molecule has 2 aliphatic rings. The van der Waals surface area contributed by atoms with Crippen LogP contribution in [-0.4, -0.2) is 49.4 Å². The van der Waals surface area contributed by atoms with Gasteiger partial charge in [-0.2, -0.15) is 0 Å². The number of piperazine rings is 1. The Labute approximate surface area is 239 Å². The first-order chi connectivity index (χ1) is 18.4. The van der Waals surface area contributed by atoms with Crippen molar-refractivity contribution in [3.8, 4) is 0 Å². The molecule has 0 radical (unpaired) electrons. The van der Waals surface area contributed by atoms with E-state index in [1.54, 1.807) is 30.3 Å². The number of carbonyl (C=O) groups is 1. The number of aromatic amines is 1. The van der Waals surface area contributed by atoms with Crippen LogP contribution in [0.3, 0.4) is 0 Å². The molecule has 0 spiro atoms. The zero-order chi connectivity index (χ0) is 28.1. The third-order valence-corrected chi connectivity index (χ3v) is 9.81. The molecule has 3 N–H and O–H groups in total. The molecular formula is C29H32Cl2N4O3S. The molecule has 0 unspecified atom stereocenters. The highest BCUT2D eigenvalue weighted by atomic mass is 35.5. The molecule has 0 aliphatic carbocycles. The van der Waals surface area contributed by atoms with Crippen LogP contribution in [0, 0.1) is 13.8 Å². The number of hydrogen-bond donors (Lipinski definition) is 3. The van der Waals surface area contributed by atoms with Crippen LogP contribution in [0.2, 0.25) is 10.0 Å². The van der Waals surface area contributed by atoms with Crippen LogP contribution < -0.4 is 10.6 Å². The van der Waals surface area contributed by atoms with E-state index in [9.17, 15) is 13.2 Å². The summed E-state index contributed by atoms with van der Waals surface area (Å²) >= 11 is 12.5. The van der Waals surface area contributed by atoms with Crippen LogP contribution in [0.4, 0.5) is 5.69 Å². The van der Waals surface area contributed by atoms with Crippen LogP contribution in [-0.2, 0) is 26.9 Å². The number of nitrogens with one attached hydrogen (secondary N) is 3. The summed E-state index contributed by atoms with van der Waals surface area (Å²) < 4.78 is 26.7. The standard InChI is InChI=1S/C29H32Cl2N4O3S/c1-16-12-35(13-17(2)32-16)14-23-18(3)28(33-19(23)4)11-22-21-10-20(8-9-27(21)34-29(22)36)39(37,38)15-24-25(30)6-5-7-26(24)31/h5-11,16-17,32-33H,12-15H2,1-4H3,(H,34,36)/b22-11-/t16-,17+. The van der Waals surface area contributed by atoms with E-state index in [-0.39, 0.29) is 16.6 Å². The van der Waals surface area contributed by atoms with Crippen LogP contribution in [0.5, 0.6) is 0 Å². The second-order valence-corrected chi connectivity index (χ2v) is 13.4. The molecule has 5 rings (SSSR count). The number of nitrogens with zero attached hydrogens (tertiary/aromatic N) is 1. The van der Waals surface area contributed by atoms with Gasteiger partial charge in [-0.1, -0.05) is 29.3 Å². The molecule has 10 heteroatoms. The Balaban J connectivity index is 1.46. The Morgan fingerprint density at radius 1 is 1.03 bits per heavy atom. The van der Waals surface area contributed by atoms with E-state index in [4.69, 9.17) is 23.2 Å². The lowest BCUT2D eigenvalue weighted by molar-refractivity contribution is -0.110. The van der Waals surface area contributed by atoms with Crippen molar-refractivity contribution < 1.29 is 13.2 Å². The van der Waals surface area contributed by atoms with Gasteiger partial charge in [-0.3, -0.25) is 9.69 Å². The molecule has 1 fully saturated rings. The smallest absolute Gasteiger partial charge is 0.256 e. The lowest BCUT2D eigenvalue weighted by Crippen LogP contribution is -2.53. The van der Waals surface area contributed by atoms with E-state index in [1.807, 2.05) is 13.0 Å². The Morgan fingerprint density at radius 2 is 1.69 bits per heavy atom. The summed E-state index contributed by atoms with van der Waals surface area (Å²) in [5.74, 6) is -0.613. The lowest BCUT2D eigenvalue weighted by atomic mass is 10.0. The number of rotatable bonds is 6. The fraction of sp³-hybridized carbons (Fsp3) is 0.345. The molecule has 7 nitrogen and oxygen atoms in total. The second-order valence-electron chi connectivity index (χ2n) is 10.6. The Bertz CT molecular complexity index is 1570. The lowest BCUT2D eigenvalue weighted by Gasteiger charge is -2.36. The fourth-order valence-corrected chi connectivity index (χ4v) is 7.70. The van der Waals surface area contributed by atoms with E-state index in [0.29, 0.717) is 44.5 Å². The highest BCUT2D eigenvalue weighted by molar-refractivity contribution is 7.90. The Hall–Kier alpha value is -2.62. The van der Waals surface area contributed by atoms with Crippen LogP contribution in [0.1, 0.15) is 47.5 Å². The monoisotopic (exact) mass is 586 g/mol. The number of anilines is 1. The number of H-pyrrole nitrogens is 1.